The Morgan fingerprint density at radius 3 is 2.77 bits per heavy atom. The zero-order valence-corrected chi connectivity index (χ0v) is 18.2. The highest BCUT2D eigenvalue weighted by molar-refractivity contribution is 7.99. The van der Waals surface area contributed by atoms with Gasteiger partial charge in [-0.3, -0.25) is 4.79 Å². The van der Waals surface area contributed by atoms with E-state index in [-0.39, 0.29) is 11.8 Å². The number of ketones is 1. The van der Waals surface area contributed by atoms with Crippen molar-refractivity contribution in [3.05, 3.63) is 77.0 Å². The molecule has 2 aromatic carbocycles. The van der Waals surface area contributed by atoms with E-state index in [2.05, 4.69) is 17.2 Å². The number of hydrogen-bond acceptors (Lipinski definition) is 6. The van der Waals surface area contributed by atoms with Crippen LogP contribution in [0.1, 0.15) is 43.4 Å². The quantitative estimate of drug-likeness (QED) is 0.554. The van der Waals surface area contributed by atoms with Crippen LogP contribution in [0.2, 0.25) is 0 Å². The zero-order valence-electron chi connectivity index (χ0n) is 17.4. The fraction of sp³-hybridized carbons (Fsp3) is 0.292. The molecule has 6 nitrogen and oxygen atoms in total. The van der Waals surface area contributed by atoms with Crippen molar-refractivity contribution in [2.75, 3.05) is 11.1 Å². The molecule has 0 saturated heterocycles. The number of carbonyl (C=O) groups is 1. The van der Waals surface area contributed by atoms with Gasteiger partial charge in [0.05, 0.1) is 0 Å². The summed E-state index contributed by atoms with van der Waals surface area (Å²) in [7, 11) is 0. The van der Waals surface area contributed by atoms with Crippen molar-refractivity contribution in [1.29, 1.82) is 0 Å². The third-order valence-corrected chi connectivity index (χ3v) is 6.29. The lowest BCUT2D eigenvalue weighted by atomic mass is 9.85. The number of thioether (sulfide) groups is 1. The Balaban J connectivity index is 1.58. The number of ether oxygens (including phenoxy) is 1. The maximum absolute atomic E-state index is 13.0. The molecule has 2 heterocycles. The van der Waals surface area contributed by atoms with Gasteiger partial charge in [-0.2, -0.15) is 4.98 Å². The first-order valence-electron chi connectivity index (χ1n) is 10.6. The van der Waals surface area contributed by atoms with E-state index < -0.39 is 0 Å². The molecule has 0 spiro atoms. The molecular weight excluding hydrogens is 408 g/mol. The Hall–Kier alpha value is -3.06. The van der Waals surface area contributed by atoms with E-state index in [1.807, 2.05) is 59.3 Å². The van der Waals surface area contributed by atoms with Gasteiger partial charge in [0.15, 0.2) is 5.78 Å². The number of nitrogens with one attached hydrogen (secondary N) is 1. The van der Waals surface area contributed by atoms with Gasteiger partial charge in [0.2, 0.25) is 11.1 Å². The molecule has 0 radical (unpaired) electrons. The van der Waals surface area contributed by atoms with E-state index in [1.54, 1.807) is 11.8 Å². The number of carbonyl (C=O) groups excluding carboxylic acids is 1. The summed E-state index contributed by atoms with van der Waals surface area (Å²) in [6.45, 7) is 2.54. The van der Waals surface area contributed by atoms with Gasteiger partial charge in [-0.25, -0.2) is 4.68 Å². The number of nitrogens with zero attached hydrogens (tertiary/aromatic N) is 3. The molecule has 0 saturated carbocycles. The molecule has 1 aliphatic carbocycles. The number of benzene rings is 2. The second kappa shape index (κ2) is 8.59. The smallest absolute Gasteiger partial charge is 0.227 e. The van der Waals surface area contributed by atoms with E-state index in [0.29, 0.717) is 24.1 Å². The van der Waals surface area contributed by atoms with Gasteiger partial charge in [0.25, 0.3) is 0 Å². The van der Waals surface area contributed by atoms with Crippen molar-refractivity contribution in [3.8, 4) is 5.75 Å². The largest absolute Gasteiger partial charge is 0.489 e. The topological polar surface area (TPSA) is 69.0 Å². The Kier molecular flexibility index (Phi) is 5.51. The molecule has 0 fully saturated rings. The van der Waals surface area contributed by atoms with E-state index in [4.69, 9.17) is 9.84 Å². The predicted molar refractivity (Wildman–Crippen MR) is 121 cm³/mol. The van der Waals surface area contributed by atoms with Gasteiger partial charge in [-0.15, -0.1) is 5.10 Å². The Morgan fingerprint density at radius 2 is 1.94 bits per heavy atom. The van der Waals surface area contributed by atoms with Crippen LogP contribution in [0.5, 0.6) is 5.75 Å². The predicted octanol–water partition coefficient (Wildman–Crippen LogP) is 4.99. The van der Waals surface area contributed by atoms with Crippen LogP contribution in [0.25, 0.3) is 0 Å². The summed E-state index contributed by atoms with van der Waals surface area (Å²) in [5, 5.41) is 8.84. The summed E-state index contributed by atoms with van der Waals surface area (Å²) < 4.78 is 8.09. The van der Waals surface area contributed by atoms with E-state index in [1.165, 1.54) is 0 Å². The van der Waals surface area contributed by atoms with E-state index in [9.17, 15) is 4.79 Å². The zero-order chi connectivity index (χ0) is 21.2. The third kappa shape index (κ3) is 3.85. The summed E-state index contributed by atoms with van der Waals surface area (Å²) in [6, 6.07) is 17.7. The highest BCUT2D eigenvalue weighted by Gasteiger charge is 2.38. The molecular formula is C24H24N4O2S. The minimum absolute atomic E-state index is 0.169. The van der Waals surface area contributed by atoms with Crippen molar-refractivity contribution < 1.29 is 9.53 Å². The number of Topliss-reactive ketones (excluding diaryl/α,β-unsaturated/α-hetero) is 1. The number of aromatic nitrogens is 3. The summed E-state index contributed by atoms with van der Waals surface area (Å²) in [4.78, 5) is 17.7. The summed E-state index contributed by atoms with van der Waals surface area (Å²) in [5.41, 5.74) is 3.78. The number of hydrogen-bond donors (Lipinski definition) is 1. The lowest BCUT2D eigenvalue weighted by Crippen LogP contribution is -2.31. The molecule has 1 aliphatic heterocycles. The average Bonchev–Trinajstić information content (AvgIpc) is 3.20. The normalized spacial score (nSPS) is 17.7. The first-order valence-corrected chi connectivity index (χ1v) is 11.6. The van der Waals surface area contributed by atoms with Crippen molar-refractivity contribution in [2.45, 2.75) is 44.0 Å². The molecule has 1 aromatic heterocycles. The molecule has 2 aliphatic rings. The van der Waals surface area contributed by atoms with E-state index >= 15 is 0 Å². The number of rotatable bonds is 6. The molecule has 0 bridgehead atoms. The number of para-hydroxylation sites is 1. The van der Waals surface area contributed by atoms with Crippen molar-refractivity contribution >= 4 is 23.5 Å². The SMILES string of the molecule is CCSc1nc2n(n1)C(c1ccccc1OCc1ccccc1)C1=C(CCCC1=O)N2. The maximum Gasteiger partial charge on any atom is 0.227 e. The standard InChI is InChI=1S/C24H24N4O2S/c1-2-31-24-26-23-25-18-12-8-13-19(29)21(18)22(28(23)27-24)17-11-6-7-14-20(17)30-15-16-9-4-3-5-10-16/h3-7,9-11,14,22H,2,8,12-13,15H2,1H3,(H,25,26,27). The summed E-state index contributed by atoms with van der Waals surface area (Å²) >= 11 is 1.59. The number of anilines is 1. The molecule has 1 N–H and O–H groups in total. The van der Waals surface area contributed by atoms with Gasteiger partial charge >= 0.3 is 0 Å². The highest BCUT2D eigenvalue weighted by Crippen LogP contribution is 2.43. The first-order chi connectivity index (χ1) is 15.2. The van der Waals surface area contributed by atoms with Crippen LogP contribution in [0, 0.1) is 0 Å². The molecule has 3 aromatic rings. The van der Waals surface area contributed by atoms with Crippen molar-refractivity contribution in [2.24, 2.45) is 0 Å². The van der Waals surface area contributed by atoms with Crippen LogP contribution in [0.4, 0.5) is 5.95 Å². The van der Waals surface area contributed by atoms with Crippen molar-refractivity contribution in [3.63, 3.8) is 0 Å². The Labute approximate surface area is 185 Å². The second-order valence-electron chi connectivity index (χ2n) is 7.60. The molecule has 5 rings (SSSR count). The van der Waals surface area contributed by atoms with Gasteiger partial charge in [0.1, 0.15) is 18.4 Å². The minimum atomic E-state index is -0.343. The monoisotopic (exact) mass is 432 g/mol. The van der Waals surface area contributed by atoms with Gasteiger partial charge in [-0.05, 0) is 30.2 Å². The lowest BCUT2D eigenvalue weighted by Gasteiger charge is -2.32. The minimum Gasteiger partial charge on any atom is -0.489 e. The molecule has 31 heavy (non-hydrogen) atoms. The Morgan fingerprint density at radius 1 is 1.13 bits per heavy atom. The number of allylic oxidation sites excluding steroid dienone is 2. The average molecular weight is 433 g/mol. The van der Waals surface area contributed by atoms with Crippen LogP contribution < -0.4 is 10.1 Å². The Bertz CT molecular complexity index is 1140. The molecule has 1 unspecified atom stereocenters. The summed E-state index contributed by atoms with van der Waals surface area (Å²) in [6.07, 6.45) is 2.26. The van der Waals surface area contributed by atoms with Crippen LogP contribution >= 0.6 is 11.8 Å². The van der Waals surface area contributed by atoms with Crippen LogP contribution in [0.15, 0.2) is 71.0 Å². The molecule has 158 valence electrons. The van der Waals surface area contributed by atoms with Crippen LogP contribution in [-0.4, -0.2) is 26.3 Å². The number of fused-ring (bicyclic) bond motifs is 1. The van der Waals surface area contributed by atoms with Crippen molar-refractivity contribution in [1.82, 2.24) is 14.8 Å². The molecule has 1 atom stereocenters. The highest BCUT2D eigenvalue weighted by atomic mass is 32.2. The fourth-order valence-electron chi connectivity index (χ4n) is 4.19. The van der Waals surface area contributed by atoms with Gasteiger partial charge in [0, 0.05) is 23.3 Å². The summed E-state index contributed by atoms with van der Waals surface area (Å²) in [5.74, 6) is 2.50. The van der Waals surface area contributed by atoms with Crippen LogP contribution in [0.3, 0.4) is 0 Å². The fourth-order valence-corrected chi connectivity index (χ4v) is 4.74. The van der Waals surface area contributed by atoms with Crippen LogP contribution in [-0.2, 0) is 11.4 Å². The first kappa shape index (κ1) is 19.9. The van der Waals surface area contributed by atoms with E-state index in [0.717, 1.165) is 46.7 Å². The maximum atomic E-state index is 13.0. The third-order valence-electron chi connectivity index (χ3n) is 5.57. The molecule has 0 amide bonds. The lowest BCUT2D eigenvalue weighted by molar-refractivity contribution is -0.116. The second-order valence-corrected chi connectivity index (χ2v) is 8.84. The van der Waals surface area contributed by atoms with Gasteiger partial charge in [-0.1, -0.05) is 67.2 Å². The van der Waals surface area contributed by atoms with Gasteiger partial charge < -0.3 is 10.1 Å². The molecule has 7 heteroatoms.